The van der Waals surface area contributed by atoms with Crippen LogP contribution in [0.5, 0.6) is 0 Å². The standard InChI is InChI=1S/C21H24ClNO4S/c1-2-27-12-11-23-20-9-5-17(13-18(20)6-10-21(23)24)15-28(25,26)14-16-3-7-19(22)8-4-16/h3-5,7-9,13H,2,6,10-12,14-15H2,1H3. The van der Waals surface area contributed by atoms with Crippen molar-refractivity contribution in [3.05, 3.63) is 64.2 Å². The summed E-state index contributed by atoms with van der Waals surface area (Å²) < 4.78 is 30.6. The molecule has 3 rings (SSSR count). The Hall–Kier alpha value is -1.89. The first kappa shape index (κ1) is 20.8. The van der Waals surface area contributed by atoms with E-state index in [1.54, 1.807) is 35.2 Å². The highest BCUT2D eigenvalue weighted by Crippen LogP contribution is 2.29. The molecule has 0 atom stereocenters. The number of ether oxygens (including phenoxy) is 1. The molecule has 0 saturated heterocycles. The Balaban J connectivity index is 1.73. The van der Waals surface area contributed by atoms with E-state index in [9.17, 15) is 13.2 Å². The lowest BCUT2D eigenvalue weighted by molar-refractivity contribution is -0.119. The molecule has 150 valence electrons. The fraction of sp³-hybridized carbons (Fsp3) is 0.381. The molecule has 1 aliphatic heterocycles. The van der Waals surface area contributed by atoms with Crippen LogP contribution in [0, 0.1) is 0 Å². The molecule has 0 saturated carbocycles. The predicted octanol–water partition coefficient (Wildman–Crippen LogP) is 3.77. The maximum absolute atomic E-state index is 12.6. The van der Waals surface area contributed by atoms with Gasteiger partial charge in [0, 0.05) is 30.3 Å². The second-order valence-corrected chi connectivity index (χ2v) is 9.37. The third kappa shape index (κ3) is 5.34. The van der Waals surface area contributed by atoms with E-state index < -0.39 is 9.84 Å². The van der Waals surface area contributed by atoms with Gasteiger partial charge in [0.25, 0.3) is 0 Å². The topological polar surface area (TPSA) is 63.7 Å². The van der Waals surface area contributed by atoms with Crippen LogP contribution >= 0.6 is 11.6 Å². The van der Waals surface area contributed by atoms with Crippen molar-refractivity contribution in [2.45, 2.75) is 31.3 Å². The monoisotopic (exact) mass is 421 g/mol. The number of nitrogens with zero attached hydrogens (tertiary/aromatic N) is 1. The van der Waals surface area contributed by atoms with Crippen molar-refractivity contribution >= 4 is 33.0 Å². The van der Waals surface area contributed by atoms with Crippen LogP contribution in [0.25, 0.3) is 0 Å². The molecule has 0 radical (unpaired) electrons. The van der Waals surface area contributed by atoms with E-state index in [2.05, 4.69) is 0 Å². The zero-order chi connectivity index (χ0) is 20.1. The van der Waals surface area contributed by atoms with Crippen molar-refractivity contribution in [2.75, 3.05) is 24.7 Å². The zero-order valence-electron chi connectivity index (χ0n) is 15.9. The summed E-state index contributed by atoms with van der Waals surface area (Å²) in [5, 5.41) is 0.583. The maximum Gasteiger partial charge on any atom is 0.227 e. The summed E-state index contributed by atoms with van der Waals surface area (Å²) in [4.78, 5) is 14.0. The molecule has 0 N–H and O–H groups in total. The molecule has 0 unspecified atom stereocenters. The fourth-order valence-corrected chi connectivity index (χ4v) is 5.00. The number of aryl methyl sites for hydroxylation is 1. The van der Waals surface area contributed by atoms with Gasteiger partial charge in [-0.1, -0.05) is 35.9 Å². The van der Waals surface area contributed by atoms with Crippen molar-refractivity contribution in [3.8, 4) is 0 Å². The number of hydrogen-bond donors (Lipinski definition) is 0. The van der Waals surface area contributed by atoms with Gasteiger partial charge in [-0.05, 0) is 48.2 Å². The summed E-state index contributed by atoms with van der Waals surface area (Å²) in [5.74, 6) is 0.0195. The third-order valence-corrected chi connectivity index (χ3v) is 6.49. The summed E-state index contributed by atoms with van der Waals surface area (Å²) in [6, 6.07) is 12.4. The van der Waals surface area contributed by atoms with Crippen molar-refractivity contribution in [1.29, 1.82) is 0 Å². The number of rotatable bonds is 8. The Bertz CT molecular complexity index is 941. The average molecular weight is 422 g/mol. The van der Waals surface area contributed by atoms with E-state index in [-0.39, 0.29) is 17.4 Å². The zero-order valence-corrected chi connectivity index (χ0v) is 17.4. The van der Waals surface area contributed by atoms with Crippen LogP contribution in [0.15, 0.2) is 42.5 Å². The lowest BCUT2D eigenvalue weighted by Crippen LogP contribution is -2.37. The van der Waals surface area contributed by atoms with E-state index in [4.69, 9.17) is 16.3 Å². The van der Waals surface area contributed by atoms with Crippen molar-refractivity contribution in [1.82, 2.24) is 0 Å². The quantitative estimate of drug-likeness (QED) is 0.608. The molecule has 28 heavy (non-hydrogen) atoms. The minimum atomic E-state index is -3.31. The normalized spacial score (nSPS) is 14.2. The van der Waals surface area contributed by atoms with Gasteiger partial charge >= 0.3 is 0 Å². The molecule has 2 aromatic carbocycles. The molecule has 1 aliphatic rings. The first-order valence-electron chi connectivity index (χ1n) is 9.33. The number of carbonyl (C=O) groups is 1. The van der Waals surface area contributed by atoms with E-state index in [1.807, 2.05) is 19.1 Å². The molecule has 0 aliphatic carbocycles. The molecule has 1 heterocycles. The Kier molecular flexibility index (Phi) is 6.75. The number of amides is 1. The highest BCUT2D eigenvalue weighted by Gasteiger charge is 2.24. The first-order chi connectivity index (χ1) is 13.4. The molecular formula is C21H24ClNO4S. The van der Waals surface area contributed by atoms with E-state index in [0.717, 1.165) is 22.4 Å². The Labute approximate surface area is 171 Å². The van der Waals surface area contributed by atoms with Gasteiger partial charge in [0.15, 0.2) is 9.84 Å². The molecule has 2 aromatic rings. The smallest absolute Gasteiger partial charge is 0.227 e. The summed E-state index contributed by atoms with van der Waals surface area (Å²) in [5.41, 5.74) is 3.33. The third-order valence-electron chi connectivity index (χ3n) is 4.69. The van der Waals surface area contributed by atoms with E-state index in [1.165, 1.54) is 0 Å². The van der Waals surface area contributed by atoms with Gasteiger partial charge < -0.3 is 9.64 Å². The molecule has 1 amide bonds. The van der Waals surface area contributed by atoms with E-state index in [0.29, 0.717) is 37.6 Å². The Morgan fingerprint density at radius 3 is 2.43 bits per heavy atom. The largest absolute Gasteiger partial charge is 0.380 e. The van der Waals surface area contributed by atoms with Crippen LogP contribution in [0.4, 0.5) is 5.69 Å². The second kappa shape index (κ2) is 9.07. The lowest BCUT2D eigenvalue weighted by Gasteiger charge is -2.29. The van der Waals surface area contributed by atoms with Crippen LogP contribution < -0.4 is 4.90 Å². The van der Waals surface area contributed by atoms with Gasteiger partial charge in [-0.3, -0.25) is 4.79 Å². The minimum Gasteiger partial charge on any atom is -0.380 e. The van der Waals surface area contributed by atoms with Gasteiger partial charge in [0.1, 0.15) is 0 Å². The minimum absolute atomic E-state index is 0.0276. The SMILES string of the molecule is CCOCCN1C(=O)CCc2cc(CS(=O)(=O)Cc3ccc(Cl)cc3)ccc21. The molecule has 5 nitrogen and oxygen atoms in total. The van der Waals surface area contributed by atoms with Gasteiger partial charge in [-0.2, -0.15) is 0 Å². The van der Waals surface area contributed by atoms with Gasteiger partial charge in [-0.25, -0.2) is 8.42 Å². The number of carbonyl (C=O) groups excluding carboxylic acids is 1. The number of sulfone groups is 1. The van der Waals surface area contributed by atoms with Crippen molar-refractivity contribution in [2.24, 2.45) is 0 Å². The van der Waals surface area contributed by atoms with Crippen molar-refractivity contribution < 1.29 is 17.9 Å². The fourth-order valence-electron chi connectivity index (χ4n) is 3.39. The molecular weight excluding hydrogens is 398 g/mol. The first-order valence-corrected chi connectivity index (χ1v) is 11.5. The Morgan fingerprint density at radius 1 is 1.04 bits per heavy atom. The van der Waals surface area contributed by atoms with Crippen LogP contribution in [-0.2, 0) is 37.3 Å². The summed E-state index contributed by atoms with van der Waals surface area (Å²) in [6.07, 6.45) is 1.06. The number of halogens is 1. The van der Waals surface area contributed by atoms with Gasteiger partial charge in [0.2, 0.25) is 5.91 Å². The lowest BCUT2D eigenvalue weighted by atomic mass is 9.99. The highest BCUT2D eigenvalue weighted by molar-refractivity contribution is 7.89. The van der Waals surface area contributed by atoms with Gasteiger partial charge in [0.05, 0.1) is 18.1 Å². The number of hydrogen-bond acceptors (Lipinski definition) is 4. The molecule has 0 aromatic heterocycles. The number of fused-ring (bicyclic) bond motifs is 1. The summed E-state index contributed by atoms with van der Waals surface area (Å²) in [7, 11) is -3.31. The van der Waals surface area contributed by atoms with Gasteiger partial charge in [-0.15, -0.1) is 0 Å². The summed E-state index contributed by atoms with van der Waals surface area (Å²) >= 11 is 5.86. The van der Waals surface area contributed by atoms with Crippen LogP contribution in [0.2, 0.25) is 5.02 Å². The predicted molar refractivity (Wildman–Crippen MR) is 111 cm³/mol. The molecule has 7 heteroatoms. The molecule has 0 spiro atoms. The second-order valence-electron chi connectivity index (χ2n) is 6.86. The summed E-state index contributed by atoms with van der Waals surface area (Å²) in [6.45, 7) is 3.52. The average Bonchev–Trinajstić information content (AvgIpc) is 2.65. The number of anilines is 1. The number of benzene rings is 2. The van der Waals surface area contributed by atoms with E-state index >= 15 is 0 Å². The van der Waals surface area contributed by atoms with Crippen LogP contribution in [-0.4, -0.2) is 34.1 Å². The molecule has 0 bridgehead atoms. The van der Waals surface area contributed by atoms with Crippen LogP contribution in [0.3, 0.4) is 0 Å². The highest BCUT2D eigenvalue weighted by atomic mass is 35.5. The maximum atomic E-state index is 12.6. The molecule has 0 fully saturated rings. The Morgan fingerprint density at radius 2 is 1.71 bits per heavy atom. The van der Waals surface area contributed by atoms with Crippen LogP contribution in [0.1, 0.15) is 30.0 Å². The van der Waals surface area contributed by atoms with Crippen molar-refractivity contribution in [3.63, 3.8) is 0 Å².